The third-order valence-corrected chi connectivity index (χ3v) is 5.75. The molecule has 2 heterocycles. The van der Waals surface area contributed by atoms with Crippen molar-refractivity contribution in [3.8, 4) is 0 Å². The first-order valence-corrected chi connectivity index (χ1v) is 10.1. The SMILES string of the molecule is Cc1c(/C=C/c2cc[n+](C)cc2)c2ccccc2n1CC(=O)NC1CCCC1.[I-]. The van der Waals surface area contributed by atoms with Gasteiger partial charge in [0.1, 0.15) is 13.6 Å². The molecule has 1 saturated carbocycles. The van der Waals surface area contributed by atoms with Crippen LogP contribution >= 0.6 is 0 Å². The molecule has 2 aromatic heterocycles. The summed E-state index contributed by atoms with van der Waals surface area (Å²) < 4.78 is 4.17. The molecular formula is C24H28IN3O. The van der Waals surface area contributed by atoms with Crippen LogP contribution in [0.4, 0.5) is 0 Å². The minimum absolute atomic E-state index is 0. The number of fused-ring (bicyclic) bond motifs is 1. The van der Waals surface area contributed by atoms with Crippen LogP contribution in [0.25, 0.3) is 23.1 Å². The van der Waals surface area contributed by atoms with E-state index in [1.807, 2.05) is 30.1 Å². The molecule has 1 N–H and O–H groups in total. The number of carbonyl (C=O) groups is 1. The quantitative estimate of drug-likeness (QED) is 0.412. The topological polar surface area (TPSA) is 37.9 Å². The van der Waals surface area contributed by atoms with Crippen LogP contribution in [0.1, 0.15) is 42.5 Å². The Hall–Kier alpha value is -2.15. The molecule has 0 aliphatic heterocycles. The van der Waals surface area contributed by atoms with E-state index >= 15 is 0 Å². The van der Waals surface area contributed by atoms with Gasteiger partial charge in [-0.25, -0.2) is 4.57 Å². The minimum atomic E-state index is 0. The van der Waals surface area contributed by atoms with Gasteiger partial charge in [-0.05, 0) is 31.4 Å². The van der Waals surface area contributed by atoms with Gasteiger partial charge in [0.05, 0.1) is 0 Å². The maximum Gasteiger partial charge on any atom is 0.240 e. The van der Waals surface area contributed by atoms with Crippen LogP contribution in [-0.4, -0.2) is 16.5 Å². The van der Waals surface area contributed by atoms with Gasteiger partial charge in [0.25, 0.3) is 0 Å². The molecular weight excluding hydrogens is 473 g/mol. The molecule has 1 aromatic carbocycles. The Kier molecular flexibility index (Phi) is 7.11. The highest BCUT2D eigenvalue weighted by atomic mass is 127. The van der Waals surface area contributed by atoms with Gasteiger partial charge in [-0.3, -0.25) is 4.79 Å². The maximum absolute atomic E-state index is 12.6. The zero-order chi connectivity index (χ0) is 19.5. The van der Waals surface area contributed by atoms with Gasteiger partial charge < -0.3 is 33.9 Å². The van der Waals surface area contributed by atoms with Crippen LogP contribution in [0.2, 0.25) is 0 Å². The van der Waals surface area contributed by atoms with E-state index < -0.39 is 0 Å². The fourth-order valence-corrected chi connectivity index (χ4v) is 4.16. The average molecular weight is 501 g/mol. The summed E-state index contributed by atoms with van der Waals surface area (Å²) in [5.41, 5.74) is 4.58. The Morgan fingerprint density at radius 1 is 1.14 bits per heavy atom. The van der Waals surface area contributed by atoms with Crippen molar-refractivity contribution in [2.45, 2.75) is 45.2 Å². The highest BCUT2D eigenvalue weighted by Gasteiger charge is 2.19. The summed E-state index contributed by atoms with van der Waals surface area (Å²) in [6, 6.07) is 12.9. The summed E-state index contributed by atoms with van der Waals surface area (Å²) in [6.45, 7) is 2.48. The van der Waals surface area contributed by atoms with Crippen LogP contribution in [0.3, 0.4) is 0 Å². The molecule has 0 bridgehead atoms. The summed E-state index contributed by atoms with van der Waals surface area (Å²) in [5.74, 6) is 0.113. The van der Waals surface area contributed by atoms with Crippen LogP contribution in [0.15, 0.2) is 48.8 Å². The van der Waals surface area contributed by atoms with Crippen molar-refractivity contribution in [1.82, 2.24) is 9.88 Å². The van der Waals surface area contributed by atoms with Crippen molar-refractivity contribution < 1.29 is 33.3 Å². The zero-order valence-electron chi connectivity index (χ0n) is 17.1. The van der Waals surface area contributed by atoms with E-state index in [9.17, 15) is 4.79 Å². The van der Waals surface area contributed by atoms with Crippen molar-refractivity contribution in [2.24, 2.45) is 7.05 Å². The number of amides is 1. The first kappa shape index (κ1) is 21.6. The standard InChI is InChI=1S/C24H27N3O.HI/c1-18-21(12-11-19-13-15-26(2)16-14-19)22-9-5-6-10-23(22)27(18)17-24(28)25-20-7-3-4-8-20;/h5-6,9-16,20H,3-4,7-8,17H2,1-2H3;1H. The average Bonchev–Trinajstić information content (AvgIpc) is 3.29. The van der Waals surface area contributed by atoms with Crippen LogP contribution < -0.4 is 33.9 Å². The van der Waals surface area contributed by atoms with Crippen molar-refractivity contribution in [3.63, 3.8) is 0 Å². The van der Waals surface area contributed by atoms with Gasteiger partial charge in [-0.15, -0.1) is 0 Å². The number of aromatic nitrogens is 2. The molecule has 1 amide bonds. The number of halogens is 1. The molecule has 4 rings (SSSR count). The minimum Gasteiger partial charge on any atom is -1.00 e. The molecule has 1 aliphatic rings. The lowest BCUT2D eigenvalue weighted by Crippen LogP contribution is -3.00. The number of hydrogen-bond donors (Lipinski definition) is 1. The summed E-state index contributed by atoms with van der Waals surface area (Å²) in [4.78, 5) is 12.6. The predicted molar refractivity (Wildman–Crippen MR) is 114 cm³/mol. The molecule has 1 fully saturated rings. The number of nitrogens with zero attached hydrogens (tertiary/aromatic N) is 2. The fraction of sp³-hybridized carbons (Fsp3) is 0.333. The van der Waals surface area contributed by atoms with Crippen LogP contribution in [0, 0.1) is 6.92 Å². The van der Waals surface area contributed by atoms with Crippen molar-refractivity contribution in [1.29, 1.82) is 0 Å². The number of pyridine rings is 1. The van der Waals surface area contributed by atoms with Gasteiger partial charge in [0, 0.05) is 40.3 Å². The number of para-hydroxylation sites is 1. The molecule has 152 valence electrons. The smallest absolute Gasteiger partial charge is 0.240 e. The van der Waals surface area contributed by atoms with E-state index in [0.717, 1.165) is 29.6 Å². The summed E-state index contributed by atoms with van der Waals surface area (Å²) in [7, 11) is 2.02. The summed E-state index contributed by atoms with van der Waals surface area (Å²) in [6.07, 6.45) is 13.1. The molecule has 3 aromatic rings. The monoisotopic (exact) mass is 501 g/mol. The lowest BCUT2D eigenvalue weighted by Gasteiger charge is -2.14. The number of hydrogen-bond acceptors (Lipinski definition) is 1. The third kappa shape index (κ3) is 4.89. The Labute approximate surface area is 189 Å². The van der Waals surface area contributed by atoms with Gasteiger partial charge in [-0.1, -0.05) is 43.2 Å². The second kappa shape index (κ2) is 9.57. The van der Waals surface area contributed by atoms with E-state index in [4.69, 9.17) is 0 Å². The Morgan fingerprint density at radius 2 is 1.83 bits per heavy atom. The van der Waals surface area contributed by atoms with Crippen LogP contribution in [-0.2, 0) is 18.4 Å². The molecule has 4 nitrogen and oxygen atoms in total. The number of benzene rings is 1. The van der Waals surface area contributed by atoms with Crippen molar-refractivity contribution >= 4 is 29.0 Å². The first-order valence-electron chi connectivity index (χ1n) is 10.1. The van der Waals surface area contributed by atoms with Gasteiger partial charge in [0.15, 0.2) is 12.4 Å². The Morgan fingerprint density at radius 3 is 2.55 bits per heavy atom. The number of aryl methyl sites for hydroxylation is 1. The lowest BCUT2D eigenvalue weighted by molar-refractivity contribution is -0.671. The molecule has 0 unspecified atom stereocenters. The second-order valence-electron chi connectivity index (χ2n) is 7.78. The first-order chi connectivity index (χ1) is 13.6. The van der Waals surface area contributed by atoms with E-state index in [2.05, 4.69) is 59.3 Å². The Balaban J connectivity index is 0.00000240. The second-order valence-corrected chi connectivity index (χ2v) is 7.78. The van der Waals surface area contributed by atoms with E-state index in [0.29, 0.717) is 12.6 Å². The number of rotatable bonds is 5. The molecule has 1 aliphatic carbocycles. The molecule has 0 spiro atoms. The highest BCUT2D eigenvalue weighted by molar-refractivity contribution is 5.94. The zero-order valence-corrected chi connectivity index (χ0v) is 19.2. The number of nitrogens with one attached hydrogen (secondary N) is 1. The lowest BCUT2D eigenvalue weighted by atomic mass is 10.1. The molecule has 29 heavy (non-hydrogen) atoms. The summed E-state index contributed by atoms with van der Waals surface area (Å²) in [5, 5.41) is 4.40. The summed E-state index contributed by atoms with van der Waals surface area (Å²) >= 11 is 0. The van der Waals surface area contributed by atoms with E-state index in [1.165, 1.54) is 23.8 Å². The number of carbonyl (C=O) groups excluding carboxylic acids is 1. The van der Waals surface area contributed by atoms with Crippen LogP contribution in [0.5, 0.6) is 0 Å². The predicted octanol–water partition coefficient (Wildman–Crippen LogP) is 1.01. The highest BCUT2D eigenvalue weighted by Crippen LogP contribution is 2.28. The molecule has 0 saturated heterocycles. The van der Waals surface area contributed by atoms with E-state index in [1.54, 1.807) is 0 Å². The van der Waals surface area contributed by atoms with Gasteiger partial charge in [-0.2, -0.15) is 0 Å². The van der Waals surface area contributed by atoms with Crippen molar-refractivity contribution in [2.75, 3.05) is 0 Å². The normalized spacial score (nSPS) is 14.4. The Bertz CT molecular complexity index is 1010. The largest absolute Gasteiger partial charge is 1.00 e. The van der Waals surface area contributed by atoms with E-state index in [-0.39, 0.29) is 29.9 Å². The van der Waals surface area contributed by atoms with Gasteiger partial charge >= 0.3 is 0 Å². The molecule has 0 atom stereocenters. The fourth-order valence-electron chi connectivity index (χ4n) is 4.16. The van der Waals surface area contributed by atoms with Gasteiger partial charge in [0.2, 0.25) is 5.91 Å². The molecule has 0 radical (unpaired) electrons. The van der Waals surface area contributed by atoms with Crippen molar-refractivity contribution in [3.05, 3.63) is 65.6 Å². The molecule has 5 heteroatoms. The third-order valence-electron chi connectivity index (χ3n) is 5.75. The maximum atomic E-state index is 12.6.